The number of anilines is 1. The fourth-order valence-corrected chi connectivity index (χ4v) is 2.49. The van der Waals surface area contributed by atoms with Gasteiger partial charge in [-0.3, -0.25) is 10.1 Å². The van der Waals surface area contributed by atoms with Crippen molar-refractivity contribution in [3.05, 3.63) is 71.4 Å². The van der Waals surface area contributed by atoms with Gasteiger partial charge in [-0.2, -0.15) is 4.98 Å². The van der Waals surface area contributed by atoms with Gasteiger partial charge in [-0.1, -0.05) is 52.7 Å². The number of hydrogen-bond acceptors (Lipinski definition) is 6. The third-order valence-corrected chi connectivity index (χ3v) is 4.03. The number of aryl methyl sites for hydroxylation is 2. The lowest BCUT2D eigenvalue weighted by Gasteiger charge is -1.96. The first kappa shape index (κ1) is 16.7. The molecule has 1 N–H and O–H groups in total. The van der Waals surface area contributed by atoms with Crippen LogP contribution in [0.1, 0.15) is 21.6 Å². The Kier molecular flexibility index (Phi) is 4.25. The Hall–Kier alpha value is -3.74. The molecule has 0 fully saturated rings. The topological polar surface area (TPSA) is 94.1 Å². The highest BCUT2D eigenvalue weighted by Crippen LogP contribution is 2.22. The van der Waals surface area contributed by atoms with Gasteiger partial charge in [0, 0.05) is 17.2 Å². The average molecular weight is 360 g/mol. The highest BCUT2D eigenvalue weighted by Gasteiger charge is 2.17. The van der Waals surface area contributed by atoms with Crippen molar-refractivity contribution in [2.24, 2.45) is 0 Å². The van der Waals surface area contributed by atoms with Gasteiger partial charge in [0.25, 0.3) is 17.7 Å². The average Bonchev–Trinajstić information content (AvgIpc) is 3.33. The number of aromatic nitrogens is 3. The summed E-state index contributed by atoms with van der Waals surface area (Å²) in [5.74, 6) is 0.420. The normalized spacial score (nSPS) is 10.7. The second-order valence-corrected chi connectivity index (χ2v) is 6.19. The molecule has 0 aliphatic rings. The molecule has 2 aromatic carbocycles. The maximum atomic E-state index is 12.3. The zero-order valence-corrected chi connectivity index (χ0v) is 14.8. The molecule has 7 heteroatoms. The van der Waals surface area contributed by atoms with Crippen molar-refractivity contribution < 1.29 is 13.8 Å². The van der Waals surface area contributed by atoms with E-state index >= 15 is 0 Å². The van der Waals surface area contributed by atoms with Crippen molar-refractivity contribution in [2.45, 2.75) is 13.8 Å². The summed E-state index contributed by atoms with van der Waals surface area (Å²) >= 11 is 0. The van der Waals surface area contributed by atoms with Gasteiger partial charge in [-0.25, -0.2) is 0 Å². The molecule has 0 saturated heterocycles. The summed E-state index contributed by atoms with van der Waals surface area (Å²) in [6.45, 7) is 3.99. The van der Waals surface area contributed by atoms with Crippen LogP contribution in [-0.2, 0) is 0 Å². The van der Waals surface area contributed by atoms with Gasteiger partial charge in [0.05, 0.1) is 0 Å². The molecule has 7 nitrogen and oxygen atoms in total. The standard InChI is InChI=1S/C20H16N4O3/c1-12-3-7-14(8-4-12)17-11-16(23-26-17)18(25)21-20-22-19(27-24-20)15-9-5-13(2)6-10-15/h3-11H,1-2H3,(H,21,24,25). The summed E-state index contributed by atoms with van der Waals surface area (Å²) in [7, 11) is 0. The number of hydrogen-bond donors (Lipinski definition) is 1. The summed E-state index contributed by atoms with van der Waals surface area (Å²) in [4.78, 5) is 16.5. The Balaban J connectivity index is 1.48. The van der Waals surface area contributed by atoms with E-state index in [2.05, 4.69) is 20.6 Å². The fourth-order valence-electron chi connectivity index (χ4n) is 2.49. The van der Waals surface area contributed by atoms with Gasteiger partial charge in [-0.05, 0) is 31.1 Å². The number of benzene rings is 2. The fraction of sp³-hybridized carbons (Fsp3) is 0.100. The van der Waals surface area contributed by atoms with Gasteiger partial charge in [0.15, 0.2) is 11.5 Å². The van der Waals surface area contributed by atoms with E-state index in [1.54, 1.807) is 6.07 Å². The first-order chi connectivity index (χ1) is 13.1. The second-order valence-electron chi connectivity index (χ2n) is 6.19. The zero-order chi connectivity index (χ0) is 18.8. The minimum Gasteiger partial charge on any atom is -0.355 e. The zero-order valence-electron chi connectivity index (χ0n) is 14.8. The summed E-state index contributed by atoms with van der Waals surface area (Å²) in [5.41, 5.74) is 4.01. The van der Waals surface area contributed by atoms with Crippen LogP contribution in [-0.4, -0.2) is 21.2 Å². The van der Waals surface area contributed by atoms with Crippen LogP contribution in [0.15, 0.2) is 63.6 Å². The summed E-state index contributed by atoms with van der Waals surface area (Å²) in [6, 6.07) is 16.9. The number of nitrogens with one attached hydrogen (secondary N) is 1. The number of carbonyl (C=O) groups is 1. The lowest BCUT2D eigenvalue weighted by molar-refractivity contribution is 0.101. The molecule has 0 unspecified atom stereocenters. The Labute approximate surface area is 155 Å². The lowest BCUT2D eigenvalue weighted by atomic mass is 10.1. The van der Waals surface area contributed by atoms with Crippen LogP contribution in [0, 0.1) is 13.8 Å². The second kappa shape index (κ2) is 6.87. The maximum Gasteiger partial charge on any atom is 0.280 e. The van der Waals surface area contributed by atoms with Crippen LogP contribution in [0.5, 0.6) is 0 Å². The van der Waals surface area contributed by atoms with Crippen molar-refractivity contribution >= 4 is 11.9 Å². The Bertz CT molecular complexity index is 1080. The summed E-state index contributed by atoms with van der Waals surface area (Å²) in [5, 5.41) is 10.1. The Morgan fingerprint density at radius 3 is 2.15 bits per heavy atom. The van der Waals surface area contributed by atoms with Crippen LogP contribution >= 0.6 is 0 Å². The molecule has 134 valence electrons. The van der Waals surface area contributed by atoms with Crippen LogP contribution < -0.4 is 5.32 Å². The molecule has 4 rings (SSSR count). The molecule has 2 heterocycles. The molecule has 0 bridgehead atoms. The molecular formula is C20H16N4O3. The van der Waals surface area contributed by atoms with Gasteiger partial charge < -0.3 is 9.05 Å². The third kappa shape index (κ3) is 3.62. The van der Waals surface area contributed by atoms with E-state index in [1.807, 2.05) is 62.4 Å². The predicted molar refractivity (Wildman–Crippen MR) is 99.1 cm³/mol. The number of carbonyl (C=O) groups excluding carboxylic acids is 1. The largest absolute Gasteiger partial charge is 0.355 e. The first-order valence-corrected chi connectivity index (χ1v) is 8.34. The van der Waals surface area contributed by atoms with E-state index in [1.165, 1.54) is 0 Å². The van der Waals surface area contributed by atoms with E-state index in [0.29, 0.717) is 11.7 Å². The van der Waals surface area contributed by atoms with E-state index in [9.17, 15) is 4.79 Å². The van der Waals surface area contributed by atoms with Gasteiger partial charge in [0.2, 0.25) is 0 Å². The van der Waals surface area contributed by atoms with Crippen LogP contribution in [0.4, 0.5) is 5.95 Å². The maximum absolute atomic E-state index is 12.3. The molecule has 0 radical (unpaired) electrons. The van der Waals surface area contributed by atoms with Crippen LogP contribution in [0.25, 0.3) is 22.8 Å². The molecular weight excluding hydrogens is 344 g/mol. The molecule has 1 amide bonds. The third-order valence-electron chi connectivity index (χ3n) is 4.03. The molecule has 0 saturated carbocycles. The summed E-state index contributed by atoms with van der Waals surface area (Å²) in [6.07, 6.45) is 0. The van der Waals surface area contributed by atoms with E-state index in [4.69, 9.17) is 9.05 Å². The van der Waals surface area contributed by atoms with Crippen molar-refractivity contribution in [1.82, 2.24) is 15.3 Å². The minimum absolute atomic E-state index is 0.0652. The van der Waals surface area contributed by atoms with Gasteiger partial charge >= 0.3 is 0 Å². The predicted octanol–water partition coefficient (Wildman–Crippen LogP) is 4.26. The minimum atomic E-state index is -0.478. The smallest absolute Gasteiger partial charge is 0.280 e. The molecule has 0 aliphatic carbocycles. The van der Waals surface area contributed by atoms with Crippen molar-refractivity contribution in [3.63, 3.8) is 0 Å². The van der Waals surface area contributed by atoms with E-state index in [0.717, 1.165) is 22.3 Å². The molecule has 27 heavy (non-hydrogen) atoms. The quantitative estimate of drug-likeness (QED) is 0.584. The number of amides is 1. The highest BCUT2D eigenvalue weighted by molar-refractivity contribution is 6.02. The Morgan fingerprint density at radius 1 is 0.852 bits per heavy atom. The first-order valence-electron chi connectivity index (χ1n) is 8.34. The van der Waals surface area contributed by atoms with Crippen LogP contribution in [0.3, 0.4) is 0 Å². The number of rotatable bonds is 4. The lowest BCUT2D eigenvalue weighted by Crippen LogP contribution is -2.13. The van der Waals surface area contributed by atoms with Crippen molar-refractivity contribution in [3.8, 4) is 22.8 Å². The van der Waals surface area contributed by atoms with Gasteiger partial charge in [0.1, 0.15) is 0 Å². The molecule has 2 aromatic heterocycles. The molecule has 4 aromatic rings. The molecule has 0 atom stereocenters. The van der Waals surface area contributed by atoms with E-state index < -0.39 is 5.91 Å². The Morgan fingerprint density at radius 2 is 1.48 bits per heavy atom. The number of nitrogens with zero attached hydrogens (tertiary/aromatic N) is 3. The van der Waals surface area contributed by atoms with Gasteiger partial charge in [-0.15, -0.1) is 0 Å². The summed E-state index contributed by atoms with van der Waals surface area (Å²) < 4.78 is 10.5. The monoisotopic (exact) mass is 360 g/mol. The van der Waals surface area contributed by atoms with Crippen molar-refractivity contribution in [2.75, 3.05) is 5.32 Å². The van der Waals surface area contributed by atoms with E-state index in [-0.39, 0.29) is 11.6 Å². The highest BCUT2D eigenvalue weighted by atomic mass is 16.5. The molecule has 0 spiro atoms. The molecule has 0 aliphatic heterocycles. The van der Waals surface area contributed by atoms with Crippen molar-refractivity contribution in [1.29, 1.82) is 0 Å². The van der Waals surface area contributed by atoms with Crippen LogP contribution in [0.2, 0.25) is 0 Å². The SMILES string of the molecule is Cc1ccc(-c2cc(C(=O)Nc3noc(-c4ccc(C)cc4)n3)no2)cc1.